The van der Waals surface area contributed by atoms with Crippen LogP contribution >= 0.6 is 0 Å². The molecule has 2 aliphatic rings. The molecule has 1 aliphatic heterocycles. The van der Waals surface area contributed by atoms with Crippen molar-refractivity contribution in [1.29, 1.82) is 0 Å². The van der Waals surface area contributed by atoms with Crippen LogP contribution in [-0.4, -0.2) is 41.3 Å². The molecule has 2 fully saturated rings. The third kappa shape index (κ3) is 5.56. The number of halogens is 4. The van der Waals surface area contributed by atoms with Gasteiger partial charge in [-0.05, 0) is 50.8 Å². The van der Waals surface area contributed by atoms with Gasteiger partial charge in [0.1, 0.15) is 18.3 Å². The number of carbonyl (C=O) groups excluding carboxylic acids is 1. The SMILES string of the molecule is Cc1nc(CC(=O)NC2(CF)CC2)c(C2OCCO2)c(N[C@H](C)c2cccc(C(F)(F)F)c2C)n1. The predicted octanol–water partition coefficient (Wildman–Crippen LogP) is 4.49. The molecule has 1 aromatic carbocycles. The van der Waals surface area contributed by atoms with E-state index in [2.05, 4.69) is 20.6 Å². The summed E-state index contributed by atoms with van der Waals surface area (Å²) < 4.78 is 64.9. The Labute approximate surface area is 200 Å². The Morgan fingerprint density at radius 1 is 1.20 bits per heavy atom. The van der Waals surface area contributed by atoms with E-state index in [9.17, 15) is 22.4 Å². The maximum absolute atomic E-state index is 13.4. The second-order valence-corrected chi connectivity index (χ2v) is 9.08. The summed E-state index contributed by atoms with van der Waals surface area (Å²) >= 11 is 0. The van der Waals surface area contributed by atoms with Gasteiger partial charge in [-0.2, -0.15) is 13.2 Å². The van der Waals surface area contributed by atoms with Gasteiger partial charge in [0.2, 0.25) is 5.91 Å². The summed E-state index contributed by atoms with van der Waals surface area (Å²) in [6.45, 7) is 4.83. The van der Waals surface area contributed by atoms with E-state index in [0.29, 0.717) is 54.5 Å². The smallest absolute Gasteiger partial charge is 0.363 e. The van der Waals surface area contributed by atoms with Crippen LogP contribution in [-0.2, 0) is 26.9 Å². The number of carbonyl (C=O) groups is 1. The van der Waals surface area contributed by atoms with E-state index in [-0.39, 0.29) is 17.9 Å². The zero-order valence-corrected chi connectivity index (χ0v) is 19.8. The summed E-state index contributed by atoms with van der Waals surface area (Å²) in [5.41, 5.74) is -0.174. The van der Waals surface area contributed by atoms with Gasteiger partial charge in [-0.3, -0.25) is 4.79 Å². The van der Waals surface area contributed by atoms with Crippen molar-refractivity contribution in [2.24, 2.45) is 0 Å². The lowest BCUT2D eigenvalue weighted by Gasteiger charge is -2.24. The summed E-state index contributed by atoms with van der Waals surface area (Å²) in [6, 6.07) is 3.48. The fraction of sp³-hybridized carbons (Fsp3) is 0.542. The van der Waals surface area contributed by atoms with E-state index < -0.39 is 36.3 Å². The summed E-state index contributed by atoms with van der Waals surface area (Å²) in [4.78, 5) is 21.6. The molecule has 0 radical (unpaired) electrons. The molecule has 0 spiro atoms. The molecule has 7 nitrogen and oxygen atoms in total. The summed E-state index contributed by atoms with van der Waals surface area (Å²) in [6.07, 6.45) is -4.29. The molecule has 11 heteroatoms. The molecule has 1 aliphatic carbocycles. The predicted molar refractivity (Wildman–Crippen MR) is 119 cm³/mol. The van der Waals surface area contributed by atoms with Crippen molar-refractivity contribution in [1.82, 2.24) is 15.3 Å². The number of aryl methyl sites for hydroxylation is 1. The zero-order valence-electron chi connectivity index (χ0n) is 19.8. The van der Waals surface area contributed by atoms with Crippen LogP contribution in [0.2, 0.25) is 0 Å². The highest BCUT2D eigenvalue weighted by Gasteiger charge is 2.44. The average Bonchev–Trinajstić information content (AvgIpc) is 3.33. The van der Waals surface area contributed by atoms with E-state index in [4.69, 9.17) is 9.47 Å². The molecule has 1 aromatic heterocycles. The lowest BCUT2D eigenvalue weighted by atomic mass is 9.97. The van der Waals surface area contributed by atoms with Crippen molar-refractivity contribution < 1.29 is 31.8 Å². The summed E-state index contributed by atoms with van der Waals surface area (Å²) in [7, 11) is 0. The molecule has 190 valence electrons. The third-order valence-corrected chi connectivity index (χ3v) is 6.34. The van der Waals surface area contributed by atoms with Crippen molar-refractivity contribution in [3.05, 3.63) is 52.0 Å². The highest BCUT2D eigenvalue weighted by molar-refractivity contribution is 5.80. The van der Waals surface area contributed by atoms with Crippen molar-refractivity contribution in [2.45, 2.75) is 64.1 Å². The fourth-order valence-corrected chi connectivity index (χ4v) is 4.30. The van der Waals surface area contributed by atoms with Gasteiger partial charge in [0.15, 0.2) is 6.29 Å². The number of rotatable bonds is 8. The van der Waals surface area contributed by atoms with E-state index in [1.165, 1.54) is 13.0 Å². The van der Waals surface area contributed by atoms with Crippen LogP contribution in [0, 0.1) is 13.8 Å². The molecule has 1 atom stereocenters. The second kappa shape index (κ2) is 9.69. The van der Waals surface area contributed by atoms with Crippen LogP contribution < -0.4 is 10.6 Å². The van der Waals surface area contributed by atoms with E-state index >= 15 is 0 Å². The number of ether oxygens (including phenoxy) is 2. The van der Waals surface area contributed by atoms with Gasteiger partial charge in [0.25, 0.3) is 0 Å². The first-order chi connectivity index (χ1) is 16.5. The molecular weight excluding hydrogens is 468 g/mol. The van der Waals surface area contributed by atoms with Gasteiger partial charge in [-0.25, -0.2) is 14.4 Å². The second-order valence-electron chi connectivity index (χ2n) is 9.08. The Morgan fingerprint density at radius 2 is 1.89 bits per heavy atom. The van der Waals surface area contributed by atoms with Crippen LogP contribution in [0.3, 0.4) is 0 Å². The number of aromatic nitrogens is 2. The Balaban J connectivity index is 1.66. The third-order valence-electron chi connectivity index (χ3n) is 6.34. The van der Waals surface area contributed by atoms with Crippen LogP contribution in [0.5, 0.6) is 0 Å². The topological polar surface area (TPSA) is 85.4 Å². The van der Waals surface area contributed by atoms with Crippen LogP contribution in [0.4, 0.5) is 23.4 Å². The molecule has 0 bridgehead atoms. The number of nitrogens with one attached hydrogen (secondary N) is 2. The normalized spacial score (nSPS) is 18.4. The van der Waals surface area contributed by atoms with Crippen LogP contribution in [0.25, 0.3) is 0 Å². The van der Waals surface area contributed by atoms with Crippen molar-refractivity contribution in [2.75, 3.05) is 25.2 Å². The largest absolute Gasteiger partial charge is 0.416 e. The molecule has 4 rings (SSSR count). The minimum Gasteiger partial charge on any atom is -0.363 e. The maximum atomic E-state index is 13.4. The number of amides is 1. The molecule has 1 amide bonds. The first-order valence-electron chi connectivity index (χ1n) is 11.4. The number of hydrogen-bond donors (Lipinski definition) is 2. The Bertz CT molecular complexity index is 1100. The average molecular weight is 497 g/mol. The number of benzene rings is 1. The Kier molecular flexibility index (Phi) is 7.01. The highest BCUT2D eigenvalue weighted by atomic mass is 19.4. The number of nitrogens with zero attached hydrogens (tertiary/aromatic N) is 2. The van der Waals surface area contributed by atoms with Crippen molar-refractivity contribution in [3.63, 3.8) is 0 Å². The molecule has 1 saturated heterocycles. The molecule has 0 unspecified atom stereocenters. The highest BCUT2D eigenvalue weighted by Crippen LogP contribution is 2.38. The molecular formula is C24H28F4N4O3. The first-order valence-corrected chi connectivity index (χ1v) is 11.4. The number of anilines is 1. The van der Waals surface area contributed by atoms with Gasteiger partial charge in [0, 0.05) is 0 Å². The number of alkyl halides is 4. The lowest BCUT2D eigenvalue weighted by Crippen LogP contribution is -2.39. The standard InChI is InChI=1S/C24H28F4N4O3/c1-13-16(5-4-6-17(13)24(26,27)28)14(2)29-21-20(22-34-9-10-35-22)18(30-15(3)31-21)11-19(33)32-23(12-25)7-8-23/h4-6,14,22H,7-12H2,1-3H3,(H,32,33)(H,29,30,31)/t14-/m1/s1. The van der Waals surface area contributed by atoms with Gasteiger partial charge in [-0.15, -0.1) is 0 Å². The van der Waals surface area contributed by atoms with Crippen molar-refractivity contribution >= 4 is 11.7 Å². The lowest BCUT2D eigenvalue weighted by molar-refractivity contribution is -0.138. The Hall–Kier alpha value is -2.79. The molecule has 2 N–H and O–H groups in total. The van der Waals surface area contributed by atoms with Gasteiger partial charge >= 0.3 is 6.18 Å². The molecule has 35 heavy (non-hydrogen) atoms. The van der Waals surface area contributed by atoms with E-state index in [1.807, 2.05) is 0 Å². The monoisotopic (exact) mass is 496 g/mol. The van der Waals surface area contributed by atoms with E-state index in [0.717, 1.165) is 6.07 Å². The summed E-state index contributed by atoms with van der Waals surface area (Å²) in [5, 5.41) is 5.91. The minimum atomic E-state index is -4.47. The maximum Gasteiger partial charge on any atom is 0.416 e. The molecule has 2 heterocycles. The summed E-state index contributed by atoms with van der Waals surface area (Å²) in [5.74, 6) is 0.282. The van der Waals surface area contributed by atoms with Gasteiger partial charge < -0.3 is 20.1 Å². The fourth-order valence-electron chi connectivity index (χ4n) is 4.30. The first kappa shape index (κ1) is 25.3. The molecule has 2 aromatic rings. The van der Waals surface area contributed by atoms with E-state index in [1.54, 1.807) is 19.9 Å². The zero-order chi connectivity index (χ0) is 25.4. The Morgan fingerprint density at radius 3 is 2.49 bits per heavy atom. The van der Waals surface area contributed by atoms with Crippen LogP contribution in [0.1, 0.15) is 65.9 Å². The number of hydrogen-bond acceptors (Lipinski definition) is 6. The van der Waals surface area contributed by atoms with Crippen molar-refractivity contribution in [3.8, 4) is 0 Å². The quantitative estimate of drug-likeness (QED) is 0.524. The van der Waals surface area contributed by atoms with Gasteiger partial charge in [0.05, 0.1) is 48.0 Å². The minimum absolute atomic E-state index is 0.112. The van der Waals surface area contributed by atoms with Gasteiger partial charge in [-0.1, -0.05) is 12.1 Å². The van der Waals surface area contributed by atoms with Crippen LogP contribution in [0.15, 0.2) is 18.2 Å². The molecule has 1 saturated carbocycles.